The van der Waals surface area contributed by atoms with Crippen LogP contribution in [0.4, 0.5) is 17.6 Å². The molecule has 0 saturated heterocycles. The van der Waals surface area contributed by atoms with E-state index in [0.717, 1.165) is 25.7 Å². The summed E-state index contributed by atoms with van der Waals surface area (Å²) in [7, 11) is 0. The van der Waals surface area contributed by atoms with Crippen LogP contribution in [0.5, 0.6) is 5.75 Å². The molecule has 1 aliphatic rings. The average Bonchev–Trinajstić information content (AvgIpc) is 2.78. The van der Waals surface area contributed by atoms with Crippen LogP contribution in [-0.4, -0.2) is 6.61 Å². The van der Waals surface area contributed by atoms with Crippen molar-refractivity contribution < 1.29 is 22.3 Å². The Morgan fingerprint density at radius 1 is 0.903 bits per heavy atom. The Morgan fingerprint density at radius 2 is 1.55 bits per heavy atom. The third kappa shape index (κ3) is 5.31. The molecule has 0 aliphatic heterocycles. The number of benzene rings is 2. The number of unbranched alkanes of at least 4 members (excludes halogenated alkanes) is 1. The third-order valence-electron chi connectivity index (χ3n) is 6.28. The van der Waals surface area contributed by atoms with Gasteiger partial charge in [0.05, 0.1) is 6.61 Å². The van der Waals surface area contributed by atoms with Crippen molar-refractivity contribution in [1.82, 2.24) is 0 Å². The van der Waals surface area contributed by atoms with E-state index < -0.39 is 23.3 Å². The van der Waals surface area contributed by atoms with Crippen molar-refractivity contribution in [3.63, 3.8) is 0 Å². The Bertz CT molecular complexity index is 901. The molecule has 0 radical (unpaired) electrons. The van der Waals surface area contributed by atoms with Crippen molar-refractivity contribution in [1.29, 1.82) is 0 Å². The Labute approximate surface area is 182 Å². The topological polar surface area (TPSA) is 9.23 Å². The number of rotatable bonds is 9. The van der Waals surface area contributed by atoms with Gasteiger partial charge in [-0.3, -0.25) is 0 Å². The van der Waals surface area contributed by atoms with Crippen LogP contribution >= 0.6 is 0 Å². The van der Waals surface area contributed by atoms with E-state index in [-0.39, 0.29) is 29.4 Å². The van der Waals surface area contributed by atoms with Crippen molar-refractivity contribution in [2.75, 3.05) is 6.61 Å². The first-order chi connectivity index (χ1) is 15.0. The number of halogens is 4. The summed E-state index contributed by atoms with van der Waals surface area (Å²) < 4.78 is 64.0. The zero-order chi connectivity index (χ0) is 22.4. The molecule has 0 aromatic heterocycles. The van der Waals surface area contributed by atoms with Crippen LogP contribution in [0.1, 0.15) is 69.8 Å². The van der Waals surface area contributed by atoms with E-state index in [1.165, 1.54) is 43.5 Å². The summed E-state index contributed by atoms with van der Waals surface area (Å²) in [5.41, 5.74) is -0.271. The summed E-state index contributed by atoms with van der Waals surface area (Å²) in [5, 5.41) is 0. The maximum atomic E-state index is 14.9. The van der Waals surface area contributed by atoms with Gasteiger partial charge >= 0.3 is 0 Å². The molecule has 0 amide bonds. The Hall–Kier alpha value is -2.30. The highest BCUT2D eigenvalue weighted by Gasteiger charge is 2.27. The summed E-state index contributed by atoms with van der Waals surface area (Å²) in [6, 6.07) is 5.33. The molecule has 2 aromatic carbocycles. The smallest absolute Gasteiger partial charge is 0.201 e. The molecule has 31 heavy (non-hydrogen) atoms. The van der Waals surface area contributed by atoms with Gasteiger partial charge in [-0.25, -0.2) is 13.2 Å². The van der Waals surface area contributed by atoms with Crippen molar-refractivity contribution in [3.8, 4) is 16.9 Å². The molecule has 0 bridgehead atoms. The SMILES string of the molecule is C=CCCOc1ccc(-c2ccc(C3CCC(CCCC)CC3)c(F)c2F)c(F)c1F. The van der Waals surface area contributed by atoms with E-state index in [2.05, 4.69) is 13.5 Å². The molecule has 1 fully saturated rings. The normalized spacial score (nSPS) is 18.7. The molecular weight excluding hydrogens is 404 g/mol. The van der Waals surface area contributed by atoms with Gasteiger partial charge in [0.15, 0.2) is 23.2 Å². The lowest BCUT2D eigenvalue weighted by molar-refractivity contribution is 0.299. The largest absolute Gasteiger partial charge is 0.490 e. The minimum atomic E-state index is -1.25. The second-order valence-electron chi connectivity index (χ2n) is 8.36. The van der Waals surface area contributed by atoms with Crippen LogP contribution in [-0.2, 0) is 0 Å². The molecule has 5 heteroatoms. The number of ether oxygens (including phenoxy) is 1. The van der Waals surface area contributed by atoms with E-state index >= 15 is 0 Å². The van der Waals surface area contributed by atoms with Gasteiger partial charge in [-0.05, 0) is 61.6 Å². The maximum Gasteiger partial charge on any atom is 0.201 e. The van der Waals surface area contributed by atoms with Crippen LogP contribution in [0.15, 0.2) is 36.9 Å². The van der Waals surface area contributed by atoms with E-state index in [4.69, 9.17) is 4.74 Å². The van der Waals surface area contributed by atoms with Crippen molar-refractivity contribution >= 4 is 0 Å². The first kappa shape index (κ1) is 23.4. The molecule has 0 heterocycles. The quantitative estimate of drug-likeness (QED) is 0.219. The van der Waals surface area contributed by atoms with Gasteiger partial charge in [-0.1, -0.05) is 44.4 Å². The van der Waals surface area contributed by atoms with Gasteiger partial charge in [0.1, 0.15) is 0 Å². The molecule has 2 aromatic rings. The fraction of sp³-hybridized carbons (Fsp3) is 0.462. The predicted octanol–water partition coefficient (Wildman–Crippen LogP) is 8.33. The summed E-state index contributed by atoms with van der Waals surface area (Å²) in [6.07, 6.45) is 9.31. The zero-order valence-corrected chi connectivity index (χ0v) is 18.0. The second-order valence-corrected chi connectivity index (χ2v) is 8.36. The lowest BCUT2D eigenvalue weighted by Crippen LogP contribution is -2.15. The molecule has 1 saturated carbocycles. The molecule has 1 nitrogen and oxygen atoms in total. The summed E-state index contributed by atoms with van der Waals surface area (Å²) >= 11 is 0. The minimum absolute atomic E-state index is 0.0383. The van der Waals surface area contributed by atoms with Gasteiger partial charge in [-0.2, -0.15) is 4.39 Å². The highest BCUT2D eigenvalue weighted by atomic mass is 19.2. The zero-order valence-electron chi connectivity index (χ0n) is 18.0. The molecule has 0 N–H and O–H groups in total. The van der Waals surface area contributed by atoms with Gasteiger partial charge in [0.2, 0.25) is 5.82 Å². The first-order valence-electron chi connectivity index (χ1n) is 11.2. The Balaban J connectivity index is 1.80. The maximum absolute atomic E-state index is 14.9. The second kappa shape index (κ2) is 10.8. The van der Waals surface area contributed by atoms with Gasteiger partial charge < -0.3 is 4.74 Å². The molecule has 1 aliphatic carbocycles. The first-order valence-corrected chi connectivity index (χ1v) is 11.2. The molecule has 0 atom stereocenters. The van der Waals surface area contributed by atoms with Crippen LogP contribution in [0, 0.1) is 29.2 Å². The van der Waals surface area contributed by atoms with Gasteiger partial charge in [0.25, 0.3) is 0 Å². The fourth-order valence-electron chi connectivity index (χ4n) is 4.45. The van der Waals surface area contributed by atoms with Crippen LogP contribution in [0.3, 0.4) is 0 Å². The molecular formula is C26H30F4O. The summed E-state index contributed by atoms with van der Waals surface area (Å²) in [4.78, 5) is 0. The average molecular weight is 435 g/mol. The summed E-state index contributed by atoms with van der Waals surface area (Å²) in [6.45, 7) is 5.86. The number of hydrogen-bond acceptors (Lipinski definition) is 1. The van der Waals surface area contributed by atoms with Gasteiger partial charge in [-0.15, -0.1) is 6.58 Å². The van der Waals surface area contributed by atoms with E-state index in [9.17, 15) is 17.6 Å². The lowest BCUT2D eigenvalue weighted by Gasteiger charge is -2.29. The lowest BCUT2D eigenvalue weighted by atomic mass is 9.76. The van der Waals surface area contributed by atoms with Crippen LogP contribution in [0.2, 0.25) is 0 Å². The summed E-state index contributed by atoms with van der Waals surface area (Å²) in [5.74, 6) is -4.20. The Morgan fingerprint density at radius 3 is 2.19 bits per heavy atom. The van der Waals surface area contributed by atoms with Crippen molar-refractivity contribution in [2.45, 2.75) is 64.2 Å². The number of hydrogen-bond donors (Lipinski definition) is 0. The molecule has 3 rings (SSSR count). The molecule has 0 unspecified atom stereocenters. The van der Waals surface area contributed by atoms with Crippen molar-refractivity contribution in [3.05, 3.63) is 65.8 Å². The van der Waals surface area contributed by atoms with E-state index in [1.807, 2.05) is 0 Å². The fourth-order valence-corrected chi connectivity index (χ4v) is 4.45. The minimum Gasteiger partial charge on any atom is -0.490 e. The third-order valence-corrected chi connectivity index (χ3v) is 6.28. The monoisotopic (exact) mass is 434 g/mol. The van der Waals surface area contributed by atoms with E-state index in [1.54, 1.807) is 6.08 Å². The highest BCUT2D eigenvalue weighted by Crippen LogP contribution is 2.41. The van der Waals surface area contributed by atoms with Gasteiger partial charge in [0, 0.05) is 11.1 Å². The van der Waals surface area contributed by atoms with Crippen LogP contribution in [0.25, 0.3) is 11.1 Å². The predicted molar refractivity (Wildman–Crippen MR) is 116 cm³/mol. The molecule has 168 valence electrons. The standard InChI is InChI=1S/C26H30F4O/c1-3-5-7-17-8-10-18(11-9-17)19-12-13-20(24(28)23(19)27)21-14-15-22(26(30)25(21)29)31-16-6-4-2/h4,12-15,17-18H,2-3,5-11,16H2,1H3. The Kier molecular flexibility index (Phi) is 8.16. The van der Waals surface area contributed by atoms with Crippen LogP contribution < -0.4 is 4.74 Å². The van der Waals surface area contributed by atoms with Crippen molar-refractivity contribution in [2.24, 2.45) is 5.92 Å². The van der Waals surface area contributed by atoms with E-state index in [0.29, 0.717) is 17.9 Å². The molecule has 0 spiro atoms. The highest BCUT2D eigenvalue weighted by molar-refractivity contribution is 5.66.